The summed E-state index contributed by atoms with van der Waals surface area (Å²) in [5, 5.41) is 16.4. The monoisotopic (exact) mass is 116 g/mol. The number of allylic oxidation sites excluding steroid dienone is 1. The molecule has 2 N–H and O–H groups in total. The molecule has 0 saturated heterocycles. The Morgan fingerprint density at radius 2 is 2.12 bits per heavy atom. The third-order valence-corrected chi connectivity index (χ3v) is 0.617. The zero-order chi connectivity index (χ0) is 6.57. The van der Waals surface area contributed by atoms with Gasteiger partial charge in [0.15, 0.2) is 5.76 Å². The van der Waals surface area contributed by atoms with Crippen molar-refractivity contribution in [2.75, 3.05) is 0 Å². The van der Waals surface area contributed by atoms with Crippen LogP contribution in [0.2, 0.25) is 0 Å². The maximum Gasteiger partial charge on any atom is 0.370 e. The summed E-state index contributed by atoms with van der Waals surface area (Å²) in [6.07, 6.45) is 1.78. The van der Waals surface area contributed by atoms with Crippen LogP contribution in [0.4, 0.5) is 0 Å². The summed E-state index contributed by atoms with van der Waals surface area (Å²) in [6.45, 7) is 1.75. The molecule has 0 aromatic carbocycles. The number of rotatable bonds is 2. The van der Waals surface area contributed by atoms with Crippen LogP contribution in [0.3, 0.4) is 0 Å². The largest absolute Gasteiger partial charge is 0.502 e. The second kappa shape index (κ2) is 3.07. The predicted octanol–water partition coefficient (Wildman–Crippen LogP) is 0.923. The van der Waals surface area contributed by atoms with Crippen LogP contribution >= 0.6 is 0 Å². The number of hydrogen-bond acceptors (Lipinski definition) is 2. The number of aliphatic hydroxyl groups excluding tert-OH is 1. The van der Waals surface area contributed by atoms with Crippen molar-refractivity contribution in [3.63, 3.8) is 0 Å². The quantitative estimate of drug-likeness (QED) is 0.416. The summed E-state index contributed by atoms with van der Waals surface area (Å²) in [7, 11) is 0. The molecule has 0 fully saturated rings. The van der Waals surface area contributed by atoms with Crippen molar-refractivity contribution < 1.29 is 15.0 Å². The van der Waals surface area contributed by atoms with Gasteiger partial charge in [0, 0.05) is 0 Å². The van der Waals surface area contributed by atoms with Gasteiger partial charge in [-0.1, -0.05) is 6.92 Å². The zero-order valence-corrected chi connectivity index (χ0v) is 4.59. The Morgan fingerprint density at radius 1 is 1.62 bits per heavy atom. The van der Waals surface area contributed by atoms with Gasteiger partial charge in [0.2, 0.25) is 0 Å². The first kappa shape index (κ1) is 7.01. The van der Waals surface area contributed by atoms with E-state index in [4.69, 9.17) is 10.2 Å². The molecule has 0 bridgehead atoms. The van der Waals surface area contributed by atoms with E-state index in [9.17, 15) is 4.79 Å². The molecule has 0 aromatic heterocycles. The molecule has 0 aliphatic rings. The highest BCUT2D eigenvalue weighted by atomic mass is 16.4. The summed E-state index contributed by atoms with van der Waals surface area (Å²) in [6, 6.07) is 0. The van der Waals surface area contributed by atoms with Gasteiger partial charge in [0.05, 0.1) is 0 Å². The summed E-state index contributed by atoms with van der Waals surface area (Å²) in [5.74, 6) is -1.85. The Hall–Kier alpha value is -0.990. The van der Waals surface area contributed by atoms with Gasteiger partial charge in [-0.2, -0.15) is 0 Å². The molecule has 0 amide bonds. The molecule has 46 valence electrons. The van der Waals surface area contributed by atoms with Crippen molar-refractivity contribution in [1.29, 1.82) is 0 Å². The lowest BCUT2D eigenvalue weighted by Gasteiger charge is -1.86. The zero-order valence-electron chi connectivity index (χ0n) is 4.59. The molecule has 0 atom stereocenters. The highest BCUT2D eigenvalue weighted by Gasteiger charge is 1.99. The standard InChI is InChI=1S/C5H8O3/c1-2-3-4(6)5(7)8/h3,6H,2H2,1H3,(H,7,8)/b4-3-. The molecule has 3 heteroatoms. The average molecular weight is 116 g/mol. The summed E-state index contributed by atoms with van der Waals surface area (Å²) >= 11 is 0. The van der Waals surface area contributed by atoms with Gasteiger partial charge in [0.25, 0.3) is 0 Å². The minimum atomic E-state index is -1.27. The van der Waals surface area contributed by atoms with Crippen LogP contribution in [0.25, 0.3) is 0 Å². The van der Waals surface area contributed by atoms with E-state index in [2.05, 4.69) is 0 Å². The van der Waals surface area contributed by atoms with Gasteiger partial charge in [-0.05, 0) is 12.5 Å². The van der Waals surface area contributed by atoms with Gasteiger partial charge in [-0.3, -0.25) is 0 Å². The molecule has 0 aromatic rings. The molecule has 8 heavy (non-hydrogen) atoms. The molecule has 0 unspecified atom stereocenters. The molecule has 3 nitrogen and oxygen atoms in total. The van der Waals surface area contributed by atoms with Crippen molar-refractivity contribution in [2.24, 2.45) is 0 Å². The fourth-order valence-corrected chi connectivity index (χ4v) is 0.281. The third-order valence-electron chi connectivity index (χ3n) is 0.617. The lowest BCUT2D eigenvalue weighted by molar-refractivity contribution is -0.135. The minimum Gasteiger partial charge on any atom is -0.502 e. The van der Waals surface area contributed by atoms with Crippen molar-refractivity contribution in [2.45, 2.75) is 13.3 Å². The van der Waals surface area contributed by atoms with Gasteiger partial charge in [-0.25, -0.2) is 4.79 Å². The van der Waals surface area contributed by atoms with E-state index in [1.54, 1.807) is 6.92 Å². The minimum absolute atomic E-state index is 0.540. The van der Waals surface area contributed by atoms with E-state index in [0.29, 0.717) is 6.42 Å². The number of aliphatic carboxylic acids is 1. The SMILES string of the molecule is CC/C=C(\O)C(=O)O. The van der Waals surface area contributed by atoms with E-state index >= 15 is 0 Å². The van der Waals surface area contributed by atoms with Crippen LogP contribution in [0, 0.1) is 0 Å². The van der Waals surface area contributed by atoms with Crippen molar-refractivity contribution in [3.8, 4) is 0 Å². The Balaban J connectivity index is 3.80. The first-order chi connectivity index (χ1) is 3.68. The van der Waals surface area contributed by atoms with Crippen LogP contribution in [0.1, 0.15) is 13.3 Å². The van der Waals surface area contributed by atoms with Gasteiger partial charge >= 0.3 is 5.97 Å². The number of carboxylic acids is 1. The molecular weight excluding hydrogens is 108 g/mol. The normalized spacial score (nSPS) is 11.4. The molecule has 0 aliphatic carbocycles. The van der Waals surface area contributed by atoms with Crippen LogP contribution in [-0.4, -0.2) is 16.2 Å². The van der Waals surface area contributed by atoms with Crippen LogP contribution in [0.5, 0.6) is 0 Å². The lowest BCUT2D eigenvalue weighted by Crippen LogP contribution is -1.97. The topological polar surface area (TPSA) is 57.5 Å². The number of aliphatic hydroxyl groups is 1. The average Bonchev–Trinajstić information content (AvgIpc) is 1.67. The lowest BCUT2D eigenvalue weighted by atomic mass is 10.4. The molecule has 0 heterocycles. The van der Waals surface area contributed by atoms with Crippen molar-refractivity contribution in [3.05, 3.63) is 11.8 Å². The van der Waals surface area contributed by atoms with E-state index < -0.39 is 11.7 Å². The highest BCUT2D eigenvalue weighted by Crippen LogP contribution is 1.89. The Labute approximate surface area is 47.3 Å². The Morgan fingerprint density at radius 3 is 2.25 bits per heavy atom. The number of carbonyl (C=O) groups is 1. The van der Waals surface area contributed by atoms with Crippen LogP contribution in [0.15, 0.2) is 11.8 Å². The molecule has 0 aliphatic heterocycles. The van der Waals surface area contributed by atoms with Gasteiger partial charge < -0.3 is 10.2 Å². The number of carboxylic acid groups (broad SMARTS) is 1. The molecule has 0 rings (SSSR count). The highest BCUT2D eigenvalue weighted by molar-refractivity contribution is 5.83. The number of hydrogen-bond donors (Lipinski definition) is 2. The maximum absolute atomic E-state index is 9.77. The van der Waals surface area contributed by atoms with E-state index in [-0.39, 0.29) is 0 Å². The third kappa shape index (κ3) is 2.23. The predicted molar refractivity (Wildman–Crippen MR) is 28.6 cm³/mol. The van der Waals surface area contributed by atoms with Crippen LogP contribution in [-0.2, 0) is 4.79 Å². The first-order valence-electron chi connectivity index (χ1n) is 2.31. The molecule has 0 saturated carbocycles. The fourth-order valence-electron chi connectivity index (χ4n) is 0.281. The Bertz CT molecular complexity index is 115. The van der Waals surface area contributed by atoms with Crippen molar-refractivity contribution in [1.82, 2.24) is 0 Å². The second-order valence-electron chi connectivity index (χ2n) is 1.30. The summed E-state index contributed by atoms with van der Waals surface area (Å²) in [4.78, 5) is 9.77. The smallest absolute Gasteiger partial charge is 0.370 e. The van der Waals surface area contributed by atoms with E-state index in [1.807, 2.05) is 0 Å². The fraction of sp³-hybridized carbons (Fsp3) is 0.400. The summed E-state index contributed by atoms with van der Waals surface area (Å²) < 4.78 is 0. The second-order valence-corrected chi connectivity index (χ2v) is 1.30. The maximum atomic E-state index is 9.77. The first-order valence-corrected chi connectivity index (χ1v) is 2.31. The molecule has 0 radical (unpaired) electrons. The van der Waals surface area contributed by atoms with Crippen LogP contribution < -0.4 is 0 Å². The van der Waals surface area contributed by atoms with Gasteiger partial charge in [-0.15, -0.1) is 0 Å². The Kier molecular flexibility index (Phi) is 2.69. The van der Waals surface area contributed by atoms with E-state index in [0.717, 1.165) is 0 Å². The van der Waals surface area contributed by atoms with E-state index in [1.165, 1.54) is 6.08 Å². The van der Waals surface area contributed by atoms with Gasteiger partial charge in [0.1, 0.15) is 0 Å². The molecule has 0 spiro atoms. The summed E-state index contributed by atoms with van der Waals surface area (Å²) in [5.41, 5.74) is 0. The van der Waals surface area contributed by atoms with Crippen molar-refractivity contribution >= 4 is 5.97 Å². The molecular formula is C5H8O3.